The molecule has 1 fully saturated rings. The number of amides is 1. The number of aromatic nitrogens is 1. The van der Waals surface area contributed by atoms with Gasteiger partial charge in [-0.05, 0) is 30.2 Å². The van der Waals surface area contributed by atoms with Crippen LogP contribution in [0, 0.1) is 0 Å². The maximum absolute atomic E-state index is 13.0. The van der Waals surface area contributed by atoms with E-state index in [4.69, 9.17) is 4.74 Å². The zero-order valence-corrected chi connectivity index (χ0v) is 15.6. The van der Waals surface area contributed by atoms with E-state index >= 15 is 0 Å². The highest BCUT2D eigenvalue weighted by atomic mass is 32.2. The molecule has 4 rings (SSSR count). The third-order valence-corrected chi connectivity index (χ3v) is 6.19. The van der Waals surface area contributed by atoms with Crippen molar-refractivity contribution >= 4 is 28.6 Å². The van der Waals surface area contributed by atoms with Crippen LogP contribution in [0.5, 0.6) is 5.75 Å². The van der Waals surface area contributed by atoms with Crippen molar-refractivity contribution in [1.29, 1.82) is 0 Å². The summed E-state index contributed by atoms with van der Waals surface area (Å²) < 4.78 is 5.26. The van der Waals surface area contributed by atoms with Gasteiger partial charge in [0.2, 0.25) is 0 Å². The van der Waals surface area contributed by atoms with Crippen molar-refractivity contribution in [2.45, 2.75) is 11.7 Å². The maximum Gasteiger partial charge on any atom is 0.270 e. The van der Waals surface area contributed by atoms with Crippen molar-refractivity contribution in [3.8, 4) is 5.75 Å². The van der Waals surface area contributed by atoms with Gasteiger partial charge < -0.3 is 14.6 Å². The number of nitrogens with zero attached hydrogens (tertiary/aromatic N) is 1. The van der Waals surface area contributed by atoms with Gasteiger partial charge in [-0.1, -0.05) is 30.3 Å². The Morgan fingerprint density at radius 1 is 1.15 bits per heavy atom. The van der Waals surface area contributed by atoms with Crippen molar-refractivity contribution in [3.63, 3.8) is 0 Å². The fourth-order valence-electron chi connectivity index (χ4n) is 3.43. The Morgan fingerprint density at radius 2 is 2.00 bits per heavy atom. The summed E-state index contributed by atoms with van der Waals surface area (Å²) in [5.41, 5.74) is 2.93. The Morgan fingerprint density at radius 3 is 2.81 bits per heavy atom. The smallest absolute Gasteiger partial charge is 0.270 e. The summed E-state index contributed by atoms with van der Waals surface area (Å²) in [6.07, 6.45) is 0.981. The average molecular weight is 366 g/mol. The van der Waals surface area contributed by atoms with Crippen LogP contribution in [-0.2, 0) is 0 Å². The first-order valence-electron chi connectivity index (χ1n) is 8.87. The van der Waals surface area contributed by atoms with Gasteiger partial charge in [-0.15, -0.1) is 0 Å². The summed E-state index contributed by atoms with van der Waals surface area (Å²) in [7, 11) is 1.65. The molecule has 1 aliphatic heterocycles. The molecule has 4 nitrogen and oxygen atoms in total. The number of aromatic amines is 1. The van der Waals surface area contributed by atoms with E-state index in [0.29, 0.717) is 10.9 Å². The lowest BCUT2D eigenvalue weighted by atomic mass is 10.1. The molecular formula is C21H22N2O2S. The van der Waals surface area contributed by atoms with E-state index in [-0.39, 0.29) is 5.91 Å². The minimum absolute atomic E-state index is 0.0782. The molecule has 1 unspecified atom stereocenters. The van der Waals surface area contributed by atoms with Crippen LogP contribution in [0.4, 0.5) is 0 Å². The number of nitrogens with one attached hydrogen (secondary N) is 1. The lowest BCUT2D eigenvalue weighted by Gasteiger charge is -2.19. The van der Waals surface area contributed by atoms with E-state index in [9.17, 15) is 4.79 Å². The number of methoxy groups -OCH3 is 1. The van der Waals surface area contributed by atoms with Crippen molar-refractivity contribution in [2.75, 3.05) is 26.0 Å². The zero-order valence-electron chi connectivity index (χ0n) is 14.8. The van der Waals surface area contributed by atoms with Gasteiger partial charge in [-0.2, -0.15) is 11.8 Å². The molecule has 2 aromatic carbocycles. The molecule has 0 radical (unpaired) electrons. The molecule has 2 heterocycles. The minimum Gasteiger partial charge on any atom is -0.497 e. The van der Waals surface area contributed by atoms with E-state index in [0.717, 1.165) is 41.9 Å². The van der Waals surface area contributed by atoms with Crippen LogP contribution in [0.2, 0.25) is 0 Å². The SMILES string of the molecule is COc1ccc2cc(C(=O)N3CCSC(c4ccccc4)CC3)[nH]c2c1. The molecule has 1 aliphatic rings. The predicted molar refractivity (Wildman–Crippen MR) is 107 cm³/mol. The number of thioether (sulfide) groups is 1. The molecule has 26 heavy (non-hydrogen) atoms. The molecular weight excluding hydrogens is 344 g/mol. The Balaban J connectivity index is 1.50. The minimum atomic E-state index is 0.0782. The lowest BCUT2D eigenvalue weighted by Crippen LogP contribution is -2.33. The second kappa shape index (κ2) is 7.46. The first-order valence-corrected chi connectivity index (χ1v) is 9.92. The number of fused-ring (bicyclic) bond motifs is 1. The first-order chi connectivity index (χ1) is 12.7. The second-order valence-corrected chi connectivity index (χ2v) is 7.80. The molecule has 0 bridgehead atoms. The largest absolute Gasteiger partial charge is 0.497 e. The maximum atomic E-state index is 13.0. The topological polar surface area (TPSA) is 45.3 Å². The van der Waals surface area contributed by atoms with Gasteiger partial charge in [0.15, 0.2) is 0 Å². The Bertz CT molecular complexity index is 907. The average Bonchev–Trinajstić information content (AvgIpc) is 2.96. The zero-order chi connectivity index (χ0) is 17.9. The highest BCUT2D eigenvalue weighted by Gasteiger charge is 2.23. The van der Waals surface area contributed by atoms with Gasteiger partial charge in [0.05, 0.1) is 7.11 Å². The number of benzene rings is 2. The van der Waals surface area contributed by atoms with Crippen LogP contribution in [-0.4, -0.2) is 41.7 Å². The molecule has 3 aromatic rings. The van der Waals surface area contributed by atoms with Crippen molar-refractivity contribution in [2.24, 2.45) is 0 Å². The number of rotatable bonds is 3. The predicted octanol–water partition coefficient (Wildman–Crippen LogP) is 4.50. The van der Waals surface area contributed by atoms with Crippen LogP contribution >= 0.6 is 11.8 Å². The number of carbonyl (C=O) groups is 1. The quantitative estimate of drug-likeness (QED) is 0.742. The molecule has 1 amide bonds. The number of H-pyrrole nitrogens is 1. The molecule has 0 saturated carbocycles. The van der Waals surface area contributed by atoms with E-state index in [1.807, 2.05) is 47.0 Å². The molecule has 5 heteroatoms. The third kappa shape index (κ3) is 3.44. The van der Waals surface area contributed by atoms with E-state index in [2.05, 4.69) is 29.2 Å². The summed E-state index contributed by atoms with van der Waals surface area (Å²) >= 11 is 1.94. The second-order valence-electron chi connectivity index (χ2n) is 6.49. The van der Waals surface area contributed by atoms with Gasteiger partial charge in [0.25, 0.3) is 5.91 Å². The molecule has 1 N–H and O–H groups in total. The van der Waals surface area contributed by atoms with Crippen LogP contribution < -0.4 is 4.74 Å². The molecule has 0 aliphatic carbocycles. The van der Waals surface area contributed by atoms with Gasteiger partial charge >= 0.3 is 0 Å². The summed E-state index contributed by atoms with van der Waals surface area (Å²) in [4.78, 5) is 18.2. The van der Waals surface area contributed by atoms with Crippen molar-refractivity contribution in [3.05, 3.63) is 65.9 Å². The Kier molecular flexibility index (Phi) is 4.89. The first kappa shape index (κ1) is 17.0. The molecule has 0 spiro atoms. The number of hydrogen-bond acceptors (Lipinski definition) is 3. The van der Waals surface area contributed by atoms with E-state index in [1.54, 1.807) is 7.11 Å². The van der Waals surface area contributed by atoms with Crippen LogP contribution in [0.1, 0.15) is 27.7 Å². The van der Waals surface area contributed by atoms with Gasteiger partial charge in [0.1, 0.15) is 11.4 Å². The normalized spacial score (nSPS) is 17.9. The summed E-state index contributed by atoms with van der Waals surface area (Å²) in [6, 6.07) is 18.3. The van der Waals surface area contributed by atoms with Crippen molar-refractivity contribution < 1.29 is 9.53 Å². The Hall–Kier alpha value is -2.40. The van der Waals surface area contributed by atoms with E-state index < -0.39 is 0 Å². The third-order valence-electron chi connectivity index (χ3n) is 4.86. The highest BCUT2D eigenvalue weighted by molar-refractivity contribution is 7.99. The van der Waals surface area contributed by atoms with Crippen molar-refractivity contribution in [1.82, 2.24) is 9.88 Å². The van der Waals surface area contributed by atoms with Crippen LogP contribution in [0.25, 0.3) is 10.9 Å². The lowest BCUT2D eigenvalue weighted by molar-refractivity contribution is 0.0761. The van der Waals surface area contributed by atoms with Crippen LogP contribution in [0.3, 0.4) is 0 Å². The fourth-order valence-corrected chi connectivity index (χ4v) is 4.66. The monoisotopic (exact) mass is 366 g/mol. The van der Waals surface area contributed by atoms with Gasteiger partial charge in [-0.3, -0.25) is 4.79 Å². The molecule has 1 atom stereocenters. The fraction of sp³-hybridized carbons (Fsp3) is 0.286. The number of hydrogen-bond donors (Lipinski definition) is 1. The van der Waals surface area contributed by atoms with E-state index in [1.165, 1.54) is 5.56 Å². The summed E-state index contributed by atoms with van der Waals surface area (Å²) in [5, 5.41) is 1.49. The van der Waals surface area contributed by atoms with Gasteiger partial charge in [0, 0.05) is 41.1 Å². The highest BCUT2D eigenvalue weighted by Crippen LogP contribution is 2.34. The summed E-state index contributed by atoms with van der Waals surface area (Å²) in [6.45, 7) is 1.57. The molecule has 1 aromatic heterocycles. The van der Waals surface area contributed by atoms with Crippen LogP contribution in [0.15, 0.2) is 54.6 Å². The molecule has 1 saturated heterocycles. The Labute approximate surface area is 157 Å². The standard InChI is InChI=1S/C21H22N2O2S/c1-25-17-8-7-16-13-19(22-18(16)14-17)21(24)23-10-9-20(26-12-11-23)15-5-3-2-4-6-15/h2-8,13-14,20,22H,9-12H2,1H3. The number of ether oxygens (including phenoxy) is 1. The van der Waals surface area contributed by atoms with Gasteiger partial charge in [-0.25, -0.2) is 0 Å². The molecule has 134 valence electrons. The summed E-state index contributed by atoms with van der Waals surface area (Å²) in [5.74, 6) is 1.82. The number of carbonyl (C=O) groups excluding carboxylic acids is 1.